The van der Waals surface area contributed by atoms with Crippen molar-refractivity contribution >= 4 is 0 Å². The molecule has 0 heterocycles. The molecule has 2 N–H and O–H groups in total. The zero-order chi connectivity index (χ0) is 15.6. The van der Waals surface area contributed by atoms with Crippen molar-refractivity contribution in [3.63, 3.8) is 0 Å². The van der Waals surface area contributed by atoms with Crippen LogP contribution in [0.3, 0.4) is 0 Å². The summed E-state index contributed by atoms with van der Waals surface area (Å²) in [6.07, 6.45) is -11.5. The fourth-order valence-electron chi connectivity index (χ4n) is 1.91. The summed E-state index contributed by atoms with van der Waals surface area (Å²) < 4.78 is 80.0. The van der Waals surface area contributed by atoms with Crippen LogP contribution in [0.2, 0.25) is 0 Å². The highest BCUT2D eigenvalue weighted by Crippen LogP contribution is 2.41. The molecular formula is C12H13F6NO. The van der Waals surface area contributed by atoms with E-state index in [-0.39, 0.29) is 11.3 Å². The number of nitrogens with two attached hydrogens (primary N) is 1. The van der Waals surface area contributed by atoms with E-state index in [1.54, 1.807) is 6.07 Å². The van der Waals surface area contributed by atoms with E-state index >= 15 is 0 Å². The maximum absolute atomic E-state index is 12.5. The van der Waals surface area contributed by atoms with E-state index in [0.717, 1.165) is 0 Å². The first-order valence-electron chi connectivity index (χ1n) is 5.58. The third kappa shape index (κ3) is 4.03. The molecule has 2 nitrogen and oxygen atoms in total. The van der Waals surface area contributed by atoms with Crippen molar-refractivity contribution in [1.82, 2.24) is 0 Å². The second kappa shape index (κ2) is 5.90. The maximum atomic E-state index is 12.5. The summed E-state index contributed by atoms with van der Waals surface area (Å²) in [5.74, 6) is -3.37. The SMILES string of the molecule is COc1ccccc1CC(N)C(C(F)(F)F)C(F)(F)F. The van der Waals surface area contributed by atoms with E-state index in [0.29, 0.717) is 0 Å². The predicted octanol–water partition coefficient (Wildman–Crippen LogP) is 3.31. The van der Waals surface area contributed by atoms with Gasteiger partial charge in [-0.15, -0.1) is 0 Å². The van der Waals surface area contributed by atoms with Gasteiger partial charge in [-0.25, -0.2) is 0 Å². The normalized spacial score (nSPS) is 14.4. The monoisotopic (exact) mass is 301 g/mol. The highest BCUT2D eigenvalue weighted by molar-refractivity contribution is 5.34. The molecule has 0 saturated carbocycles. The van der Waals surface area contributed by atoms with Crippen LogP contribution in [0, 0.1) is 5.92 Å². The Bertz CT molecular complexity index is 428. The Labute approximate surface area is 111 Å². The minimum Gasteiger partial charge on any atom is -0.496 e. The van der Waals surface area contributed by atoms with Crippen LogP contribution in [-0.2, 0) is 6.42 Å². The molecule has 0 spiro atoms. The van der Waals surface area contributed by atoms with Crippen LogP contribution in [0.5, 0.6) is 5.75 Å². The molecule has 0 fully saturated rings. The maximum Gasteiger partial charge on any atom is 0.402 e. The lowest BCUT2D eigenvalue weighted by atomic mass is 9.92. The second-order valence-corrected chi connectivity index (χ2v) is 4.24. The molecule has 1 aromatic rings. The van der Waals surface area contributed by atoms with Gasteiger partial charge in [-0.3, -0.25) is 0 Å². The summed E-state index contributed by atoms with van der Waals surface area (Å²) in [5, 5.41) is 0. The van der Waals surface area contributed by atoms with Crippen LogP contribution in [0.1, 0.15) is 5.56 Å². The number of halogens is 6. The van der Waals surface area contributed by atoms with Crippen molar-refractivity contribution in [2.75, 3.05) is 7.11 Å². The molecule has 0 bridgehead atoms. The average molecular weight is 301 g/mol. The van der Waals surface area contributed by atoms with E-state index in [2.05, 4.69) is 0 Å². The third-order valence-corrected chi connectivity index (χ3v) is 2.78. The van der Waals surface area contributed by atoms with Gasteiger partial charge < -0.3 is 10.5 Å². The van der Waals surface area contributed by atoms with Crippen molar-refractivity contribution in [3.05, 3.63) is 29.8 Å². The Morgan fingerprint density at radius 3 is 2.00 bits per heavy atom. The fraction of sp³-hybridized carbons (Fsp3) is 0.500. The van der Waals surface area contributed by atoms with E-state index in [4.69, 9.17) is 10.5 Å². The molecule has 20 heavy (non-hydrogen) atoms. The topological polar surface area (TPSA) is 35.2 Å². The molecule has 0 amide bonds. The van der Waals surface area contributed by atoms with Gasteiger partial charge in [0.05, 0.1) is 7.11 Å². The van der Waals surface area contributed by atoms with Crippen molar-refractivity contribution in [2.45, 2.75) is 24.8 Å². The van der Waals surface area contributed by atoms with Gasteiger partial charge in [-0.05, 0) is 18.1 Å². The van der Waals surface area contributed by atoms with Crippen LogP contribution in [0.4, 0.5) is 26.3 Å². The van der Waals surface area contributed by atoms with Gasteiger partial charge in [0.15, 0.2) is 5.92 Å². The highest BCUT2D eigenvalue weighted by atomic mass is 19.4. The molecule has 114 valence electrons. The smallest absolute Gasteiger partial charge is 0.402 e. The molecule has 1 aromatic carbocycles. The highest BCUT2D eigenvalue weighted by Gasteiger charge is 2.59. The molecule has 8 heteroatoms. The van der Waals surface area contributed by atoms with Crippen molar-refractivity contribution in [2.24, 2.45) is 11.7 Å². The number of ether oxygens (including phenoxy) is 1. The average Bonchev–Trinajstić information content (AvgIpc) is 2.25. The van der Waals surface area contributed by atoms with Gasteiger partial charge in [0.25, 0.3) is 0 Å². The van der Waals surface area contributed by atoms with E-state index in [1.807, 2.05) is 0 Å². The van der Waals surface area contributed by atoms with Crippen molar-refractivity contribution in [3.8, 4) is 5.75 Å². The third-order valence-electron chi connectivity index (χ3n) is 2.78. The summed E-state index contributed by atoms with van der Waals surface area (Å²) in [6.45, 7) is 0. The van der Waals surface area contributed by atoms with Crippen LogP contribution < -0.4 is 10.5 Å². The lowest BCUT2D eigenvalue weighted by Gasteiger charge is -2.28. The number of hydrogen-bond acceptors (Lipinski definition) is 2. The van der Waals surface area contributed by atoms with Gasteiger partial charge in [0.2, 0.25) is 0 Å². The molecular weight excluding hydrogens is 288 g/mol. The Balaban J connectivity index is 3.00. The van der Waals surface area contributed by atoms with Crippen molar-refractivity contribution in [1.29, 1.82) is 0 Å². The zero-order valence-corrected chi connectivity index (χ0v) is 10.4. The number of hydrogen-bond donors (Lipinski definition) is 1. The van der Waals surface area contributed by atoms with Crippen LogP contribution in [0.25, 0.3) is 0 Å². The predicted molar refractivity (Wildman–Crippen MR) is 60.3 cm³/mol. The Kier molecular flexibility index (Phi) is 4.90. The molecule has 1 rings (SSSR count). The van der Waals surface area contributed by atoms with E-state index < -0.39 is 30.7 Å². The summed E-state index contributed by atoms with van der Waals surface area (Å²) in [4.78, 5) is 0. The van der Waals surface area contributed by atoms with Gasteiger partial charge in [0, 0.05) is 6.04 Å². The van der Waals surface area contributed by atoms with Gasteiger partial charge in [-0.2, -0.15) is 26.3 Å². The Morgan fingerprint density at radius 2 is 1.55 bits per heavy atom. The molecule has 0 aromatic heterocycles. The molecule has 0 aliphatic heterocycles. The zero-order valence-electron chi connectivity index (χ0n) is 10.4. The van der Waals surface area contributed by atoms with E-state index in [1.165, 1.54) is 25.3 Å². The van der Waals surface area contributed by atoms with Crippen LogP contribution in [-0.4, -0.2) is 25.5 Å². The second-order valence-electron chi connectivity index (χ2n) is 4.24. The van der Waals surface area contributed by atoms with E-state index in [9.17, 15) is 26.3 Å². The first kappa shape index (κ1) is 16.6. The van der Waals surface area contributed by atoms with Gasteiger partial charge >= 0.3 is 12.4 Å². The number of para-hydroxylation sites is 1. The van der Waals surface area contributed by atoms with Gasteiger partial charge in [0.1, 0.15) is 5.75 Å². The summed E-state index contributed by atoms with van der Waals surface area (Å²) in [5.41, 5.74) is 5.35. The molecule has 0 aliphatic carbocycles. The molecule has 0 saturated heterocycles. The molecule has 1 atom stereocenters. The molecule has 0 radical (unpaired) electrons. The first-order valence-corrected chi connectivity index (χ1v) is 5.58. The lowest BCUT2D eigenvalue weighted by Crippen LogP contribution is -2.49. The minimum atomic E-state index is -5.44. The fourth-order valence-corrected chi connectivity index (χ4v) is 1.91. The molecule has 1 unspecified atom stereocenters. The van der Waals surface area contributed by atoms with Gasteiger partial charge in [-0.1, -0.05) is 18.2 Å². The number of alkyl halides is 6. The molecule has 0 aliphatic rings. The number of methoxy groups -OCH3 is 1. The first-order chi connectivity index (χ1) is 9.07. The summed E-state index contributed by atoms with van der Waals surface area (Å²) in [7, 11) is 1.27. The Hall–Kier alpha value is -1.44. The van der Waals surface area contributed by atoms with Crippen LogP contribution >= 0.6 is 0 Å². The van der Waals surface area contributed by atoms with Crippen LogP contribution in [0.15, 0.2) is 24.3 Å². The number of rotatable bonds is 4. The summed E-state index contributed by atoms with van der Waals surface area (Å²) in [6, 6.07) is 3.73. The number of benzene rings is 1. The summed E-state index contributed by atoms with van der Waals surface area (Å²) >= 11 is 0. The largest absolute Gasteiger partial charge is 0.496 e. The van der Waals surface area contributed by atoms with Crippen molar-refractivity contribution < 1.29 is 31.1 Å². The quantitative estimate of drug-likeness (QED) is 0.866. The lowest BCUT2D eigenvalue weighted by molar-refractivity contribution is -0.289. The standard InChI is InChI=1S/C12H13F6NO/c1-20-9-5-3-2-4-7(9)6-8(19)10(11(13,14)15)12(16,17)18/h2-5,8,10H,6,19H2,1H3. The Morgan fingerprint density at radius 1 is 1.05 bits per heavy atom. The minimum absolute atomic E-state index is 0.195.